The van der Waals surface area contributed by atoms with Gasteiger partial charge in [-0.3, -0.25) is 4.79 Å². The van der Waals surface area contributed by atoms with Crippen LogP contribution in [-0.2, 0) is 14.8 Å². The van der Waals surface area contributed by atoms with Crippen LogP contribution in [0.2, 0.25) is 5.02 Å². The Kier molecular flexibility index (Phi) is 7.62. The van der Waals surface area contributed by atoms with Gasteiger partial charge in [-0.25, -0.2) is 8.42 Å². The Hall–Kier alpha value is -2.09. The number of aryl methyl sites for hydroxylation is 2. The summed E-state index contributed by atoms with van der Waals surface area (Å²) < 4.78 is 33.5. The van der Waals surface area contributed by atoms with E-state index in [4.69, 9.17) is 16.3 Å². The van der Waals surface area contributed by atoms with Crippen molar-refractivity contribution in [3.05, 3.63) is 52.5 Å². The highest BCUT2D eigenvalue weighted by atomic mass is 35.5. The third-order valence-corrected chi connectivity index (χ3v) is 7.71. The second-order valence-corrected chi connectivity index (χ2v) is 10.4. The molecule has 0 aromatic heterocycles. The Balaban J connectivity index is 1.88. The van der Waals surface area contributed by atoms with Crippen molar-refractivity contribution in [2.24, 2.45) is 0 Å². The fourth-order valence-electron chi connectivity index (χ4n) is 4.11. The third-order valence-electron chi connectivity index (χ3n) is 5.52. The molecule has 0 spiro atoms. The molecule has 1 N–H and O–H groups in total. The first kappa shape index (κ1) is 23.6. The fourth-order valence-corrected chi connectivity index (χ4v) is 6.10. The predicted octanol–water partition coefficient (Wildman–Crippen LogP) is 4.93. The smallest absolute Gasteiger partial charge is 0.243 e. The standard InChI is InChI=1S/C23H29ClN2O4S/c1-16-11-17(2)13-18(12-16)25-23(27)15-26(19-7-5-4-6-8-19)31(28,29)20-9-10-22(30-3)21(24)14-20/h9-14,19H,4-8,15H2,1-3H3,(H,25,27). The van der Waals surface area contributed by atoms with Crippen LogP contribution < -0.4 is 10.1 Å². The molecule has 0 atom stereocenters. The number of carbonyl (C=O) groups is 1. The number of sulfonamides is 1. The summed E-state index contributed by atoms with van der Waals surface area (Å²) in [5, 5.41) is 3.07. The van der Waals surface area contributed by atoms with Crippen molar-refractivity contribution in [3.63, 3.8) is 0 Å². The number of anilines is 1. The Morgan fingerprint density at radius 2 is 1.74 bits per heavy atom. The normalized spacial score (nSPS) is 15.1. The zero-order valence-corrected chi connectivity index (χ0v) is 19.7. The van der Waals surface area contributed by atoms with Crippen molar-refractivity contribution in [1.29, 1.82) is 0 Å². The summed E-state index contributed by atoms with van der Waals surface area (Å²) in [7, 11) is -2.45. The summed E-state index contributed by atoms with van der Waals surface area (Å²) >= 11 is 6.18. The van der Waals surface area contributed by atoms with Crippen molar-refractivity contribution >= 4 is 33.2 Å². The molecule has 0 radical (unpaired) electrons. The molecule has 1 fully saturated rings. The van der Waals surface area contributed by atoms with Gasteiger partial charge in [0.05, 0.1) is 23.6 Å². The minimum Gasteiger partial charge on any atom is -0.495 e. The Morgan fingerprint density at radius 1 is 1.10 bits per heavy atom. The summed E-state index contributed by atoms with van der Waals surface area (Å²) in [6.45, 7) is 3.66. The van der Waals surface area contributed by atoms with Gasteiger partial charge in [0.1, 0.15) is 5.75 Å². The summed E-state index contributed by atoms with van der Waals surface area (Å²) in [4.78, 5) is 12.9. The van der Waals surface area contributed by atoms with Gasteiger partial charge in [0.15, 0.2) is 0 Å². The van der Waals surface area contributed by atoms with Crippen LogP contribution in [0.3, 0.4) is 0 Å². The summed E-state index contributed by atoms with van der Waals surface area (Å²) in [6.07, 6.45) is 4.44. The molecule has 8 heteroatoms. The molecule has 1 saturated carbocycles. The molecule has 0 bridgehead atoms. The number of benzene rings is 2. The van der Waals surface area contributed by atoms with Gasteiger partial charge in [-0.1, -0.05) is 36.9 Å². The molecule has 0 unspecified atom stereocenters. The van der Waals surface area contributed by atoms with Gasteiger partial charge in [-0.15, -0.1) is 0 Å². The maximum absolute atomic E-state index is 13.5. The molecule has 31 heavy (non-hydrogen) atoms. The second kappa shape index (κ2) is 10.0. The van der Waals surface area contributed by atoms with Crippen LogP contribution in [-0.4, -0.2) is 38.3 Å². The number of nitrogens with one attached hydrogen (secondary N) is 1. The van der Waals surface area contributed by atoms with E-state index < -0.39 is 10.0 Å². The maximum atomic E-state index is 13.5. The number of hydrogen-bond acceptors (Lipinski definition) is 4. The first-order valence-corrected chi connectivity index (χ1v) is 12.3. The van der Waals surface area contributed by atoms with Crippen LogP contribution in [0, 0.1) is 13.8 Å². The molecule has 3 rings (SSSR count). The molecule has 1 aliphatic carbocycles. The van der Waals surface area contributed by atoms with E-state index in [1.165, 1.54) is 29.6 Å². The molecule has 1 amide bonds. The van der Waals surface area contributed by atoms with E-state index in [-0.39, 0.29) is 28.4 Å². The Labute approximate surface area is 189 Å². The average Bonchev–Trinajstić information content (AvgIpc) is 2.71. The number of halogens is 1. The van der Waals surface area contributed by atoms with Gasteiger partial charge < -0.3 is 10.1 Å². The molecule has 168 valence electrons. The first-order chi connectivity index (χ1) is 14.7. The molecule has 0 aliphatic heterocycles. The molecule has 0 saturated heterocycles. The summed E-state index contributed by atoms with van der Waals surface area (Å²) in [6, 6.07) is 9.92. The van der Waals surface area contributed by atoms with Crippen LogP contribution in [0.1, 0.15) is 43.2 Å². The molecular formula is C23H29ClN2O4S. The van der Waals surface area contributed by atoms with Crippen LogP contribution in [0.25, 0.3) is 0 Å². The highest BCUT2D eigenvalue weighted by Gasteiger charge is 2.34. The van der Waals surface area contributed by atoms with Crippen molar-refractivity contribution in [2.45, 2.75) is 56.9 Å². The molecule has 6 nitrogen and oxygen atoms in total. The van der Waals surface area contributed by atoms with Crippen molar-refractivity contribution in [3.8, 4) is 5.75 Å². The van der Waals surface area contributed by atoms with Gasteiger partial charge in [0.25, 0.3) is 0 Å². The van der Waals surface area contributed by atoms with E-state index in [0.29, 0.717) is 11.4 Å². The van der Waals surface area contributed by atoms with E-state index >= 15 is 0 Å². The SMILES string of the molecule is COc1ccc(S(=O)(=O)N(CC(=O)Nc2cc(C)cc(C)c2)C2CCCCC2)cc1Cl. The van der Waals surface area contributed by atoms with Gasteiger partial charge >= 0.3 is 0 Å². The van der Waals surface area contributed by atoms with E-state index in [1.807, 2.05) is 32.0 Å². The van der Waals surface area contributed by atoms with Crippen LogP contribution in [0.15, 0.2) is 41.3 Å². The lowest BCUT2D eigenvalue weighted by Gasteiger charge is -2.33. The zero-order valence-electron chi connectivity index (χ0n) is 18.2. The number of hydrogen-bond donors (Lipinski definition) is 1. The largest absolute Gasteiger partial charge is 0.495 e. The quantitative estimate of drug-likeness (QED) is 0.630. The van der Waals surface area contributed by atoms with Crippen molar-refractivity contribution < 1.29 is 17.9 Å². The Bertz CT molecular complexity index is 1030. The molecule has 2 aromatic carbocycles. The van der Waals surface area contributed by atoms with E-state index in [0.717, 1.165) is 43.2 Å². The van der Waals surface area contributed by atoms with E-state index in [1.54, 1.807) is 0 Å². The minimum absolute atomic E-state index is 0.0584. The van der Waals surface area contributed by atoms with Crippen LogP contribution in [0.4, 0.5) is 5.69 Å². The maximum Gasteiger partial charge on any atom is 0.243 e. The number of amides is 1. The lowest BCUT2D eigenvalue weighted by Crippen LogP contribution is -2.45. The van der Waals surface area contributed by atoms with E-state index in [2.05, 4.69) is 5.32 Å². The fraction of sp³-hybridized carbons (Fsp3) is 0.435. The van der Waals surface area contributed by atoms with Gasteiger partial charge in [0, 0.05) is 11.7 Å². The number of nitrogens with zero attached hydrogens (tertiary/aromatic N) is 1. The molecule has 0 heterocycles. The van der Waals surface area contributed by atoms with Crippen LogP contribution in [0.5, 0.6) is 5.75 Å². The van der Waals surface area contributed by atoms with Crippen molar-refractivity contribution in [2.75, 3.05) is 19.0 Å². The number of ether oxygens (including phenoxy) is 1. The predicted molar refractivity (Wildman–Crippen MR) is 123 cm³/mol. The highest BCUT2D eigenvalue weighted by Crippen LogP contribution is 2.32. The first-order valence-electron chi connectivity index (χ1n) is 10.4. The number of carbonyl (C=O) groups excluding carboxylic acids is 1. The number of methoxy groups -OCH3 is 1. The zero-order chi connectivity index (χ0) is 22.6. The highest BCUT2D eigenvalue weighted by molar-refractivity contribution is 7.89. The molecule has 2 aromatic rings. The number of rotatable bonds is 7. The molecular weight excluding hydrogens is 436 g/mol. The monoisotopic (exact) mass is 464 g/mol. The minimum atomic E-state index is -3.92. The lowest BCUT2D eigenvalue weighted by molar-refractivity contribution is -0.116. The van der Waals surface area contributed by atoms with E-state index in [9.17, 15) is 13.2 Å². The third kappa shape index (κ3) is 5.79. The second-order valence-electron chi connectivity index (χ2n) is 8.06. The lowest BCUT2D eigenvalue weighted by atomic mass is 9.95. The van der Waals surface area contributed by atoms with Gasteiger partial charge in [0.2, 0.25) is 15.9 Å². The Morgan fingerprint density at radius 3 is 2.32 bits per heavy atom. The topological polar surface area (TPSA) is 75.7 Å². The summed E-state index contributed by atoms with van der Waals surface area (Å²) in [5.41, 5.74) is 2.72. The van der Waals surface area contributed by atoms with Crippen molar-refractivity contribution in [1.82, 2.24) is 4.31 Å². The van der Waals surface area contributed by atoms with Gasteiger partial charge in [-0.05, 0) is 68.1 Å². The van der Waals surface area contributed by atoms with Crippen LogP contribution >= 0.6 is 11.6 Å². The summed E-state index contributed by atoms with van der Waals surface area (Å²) in [5.74, 6) is 0.0381. The average molecular weight is 465 g/mol. The molecule has 1 aliphatic rings. The van der Waals surface area contributed by atoms with Gasteiger partial charge in [-0.2, -0.15) is 4.31 Å².